The summed E-state index contributed by atoms with van der Waals surface area (Å²) in [6.45, 7) is 3.61. The van der Waals surface area contributed by atoms with Gasteiger partial charge >= 0.3 is 0 Å². The molecule has 16 N–H and O–H groups in total. The Labute approximate surface area is 515 Å². The second kappa shape index (κ2) is 30.4. The van der Waals surface area contributed by atoms with E-state index in [0.29, 0.717) is 19.0 Å². The molecule has 0 radical (unpaired) electrons. The summed E-state index contributed by atoms with van der Waals surface area (Å²) in [5.41, 5.74) is 8.46. The number of nitrogens with two attached hydrogens (primary N) is 1. The predicted molar refractivity (Wildman–Crippen MR) is 314 cm³/mol. The largest absolute Gasteiger partial charge is 0.504 e. The highest BCUT2D eigenvalue weighted by atomic mass is 32.2. The molecule has 8 amide bonds. The minimum absolute atomic E-state index is 0.0166. The van der Waals surface area contributed by atoms with Crippen LogP contribution < -0.4 is 46.3 Å². The zero-order valence-corrected chi connectivity index (χ0v) is 49.7. The third kappa shape index (κ3) is 16.5. The molecule has 1 aliphatic carbocycles. The molecule has 5 aliphatic rings. The monoisotopic (exact) mass is 1270 g/mol. The average molecular weight is 1270 g/mol. The molecule has 89 heavy (non-hydrogen) atoms. The van der Waals surface area contributed by atoms with E-state index in [9.17, 15) is 79.2 Å². The lowest BCUT2D eigenvalue weighted by molar-refractivity contribution is -0.433. The van der Waals surface area contributed by atoms with Crippen LogP contribution >= 0.6 is 12.3 Å². The summed E-state index contributed by atoms with van der Waals surface area (Å²) >= 11 is -0.0166. The third-order valence-electron chi connectivity index (χ3n) is 17.1. The average Bonchev–Trinajstić information content (AvgIpc) is 2.11. The van der Waals surface area contributed by atoms with Crippen LogP contribution in [-0.4, -0.2) is 222 Å². The molecule has 4 aliphatic heterocycles. The van der Waals surface area contributed by atoms with Gasteiger partial charge in [0.2, 0.25) is 41.4 Å². The fraction of sp³-hybridized carbons (Fsp3) is 0.552. The minimum atomic E-state index is -2.52. The van der Waals surface area contributed by atoms with Crippen molar-refractivity contribution < 1.29 is 98.0 Å². The Morgan fingerprint density at radius 3 is 1.96 bits per heavy atom. The molecule has 0 aromatic heterocycles. The highest BCUT2D eigenvalue weighted by Gasteiger charge is 2.50. The SMILES string of the molecule is CC(O)C1NC(=O)[C@@H](NC(=O)c2ccc(N3CCN(c4ccc(C5CCCCC5)cc4)CC3)cc2)CC(O)CNC(=O)C2C(O)C(C)CN2C(=O)C(C(O)CC(N)=O)NC(=O)C(C(O)C(O)c2ccc(O)c(OSOOO)c2)NC(=O)C2CC(O)CN2C1=O. The number of hydrogen-bond acceptors (Lipinski definition) is 23. The summed E-state index contributed by atoms with van der Waals surface area (Å²) < 4.78 is 9.21. The molecule has 13 unspecified atom stereocenters. The number of carbonyl (C=O) groups excluding carboxylic acids is 8. The lowest BCUT2D eigenvalue weighted by Crippen LogP contribution is -2.64. The smallest absolute Gasteiger partial charge is 0.261 e. The van der Waals surface area contributed by atoms with E-state index in [0.717, 1.165) is 59.4 Å². The van der Waals surface area contributed by atoms with Crippen molar-refractivity contribution in [3.05, 3.63) is 83.4 Å². The Bertz CT molecular complexity index is 2990. The normalized spacial score (nSPS) is 27.8. The molecule has 4 heterocycles. The number of hydrogen-bond donors (Lipinski definition) is 15. The number of rotatable bonds is 16. The Kier molecular flexibility index (Phi) is 23.0. The Morgan fingerprint density at radius 1 is 0.730 bits per heavy atom. The van der Waals surface area contributed by atoms with Crippen LogP contribution in [0, 0.1) is 5.92 Å². The molecule has 31 heteroatoms. The second-order valence-corrected chi connectivity index (χ2v) is 23.7. The van der Waals surface area contributed by atoms with Crippen molar-refractivity contribution in [1.29, 1.82) is 0 Å². The van der Waals surface area contributed by atoms with Gasteiger partial charge in [0.1, 0.15) is 48.5 Å². The van der Waals surface area contributed by atoms with E-state index in [2.05, 4.69) is 70.0 Å². The molecule has 8 rings (SSSR count). The number of piperazine rings is 1. The maximum atomic E-state index is 14.7. The summed E-state index contributed by atoms with van der Waals surface area (Å²) in [4.78, 5) is 120. The number of aliphatic hydroxyl groups is 7. The number of phenols is 1. The standard InChI is InChI=1S/C58H78N10O20S/c1-29-27-68-48(49(29)75)56(82)60-26-37(70)23-39(61-52(78)33-10-15-36(16-11-33)66-20-18-65(19-21-66)35-13-8-32(9-14-35)31-6-4-3-5-7-31)53(79)62-45(30(2)69)57(83)67-28-38(71)24-40(67)54(80)64-47(55(81)63-46(58(68)84)42(73)25-44(59)74)51(77)50(76)34-12-17-41(72)43(22-34)86-89-88-87-85/h8-17,22,29-31,37-40,42,45-51,69-73,75-77,85H,3-7,18-21,23-28H2,1-2H3,(H2,59,74)(H,60,82)(H,61,78)(H,62,79)(H,63,81)(H,64,80)/t29?,30?,37?,38?,39-,40?,42?,45?,46?,47?,48?,49?,50?,51?/m0/s1. The van der Waals surface area contributed by atoms with Gasteiger partial charge in [-0.25, -0.2) is 5.26 Å². The molecule has 14 atom stereocenters. The van der Waals surface area contributed by atoms with Crippen molar-refractivity contribution in [3.8, 4) is 11.5 Å². The van der Waals surface area contributed by atoms with E-state index < -0.39 is 183 Å². The van der Waals surface area contributed by atoms with Crippen molar-refractivity contribution >= 4 is 71.0 Å². The Hall–Kier alpha value is -7.43. The number of amides is 8. The molecular weight excluding hydrogens is 1190 g/mol. The molecule has 3 aromatic carbocycles. The molecule has 5 fully saturated rings. The Morgan fingerprint density at radius 2 is 1.34 bits per heavy atom. The first kappa shape index (κ1) is 67.5. The van der Waals surface area contributed by atoms with Gasteiger partial charge < -0.3 is 97.0 Å². The number of carbonyl (C=O) groups is 8. The first-order valence-electron chi connectivity index (χ1n) is 29.4. The van der Waals surface area contributed by atoms with Gasteiger partial charge in [-0.15, -0.1) is 0 Å². The number of aliphatic hydroxyl groups excluding tert-OH is 7. The van der Waals surface area contributed by atoms with E-state index in [1.54, 1.807) is 12.1 Å². The molecule has 4 saturated heterocycles. The molecule has 3 aromatic rings. The summed E-state index contributed by atoms with van der Waals surface area (Å²) in [6, 6.07) is 6.18. The highest BCUT2D eigenvalue weighted by Crippen LogP contribution is 2.36. The van der Waals surface area contributed by atoms with Gasteiger partial charge in [0.15, 0.2) is 11.5 Å². The fourth-order valence-electron chi connectivity index (χ4n) is 12.1. The lowest BCUT2D eigenvalue weighted by Gasteiger charge is -2.37. The summed E-state index contributed by atoms with van der Waals surface area (Å²) in [5, 5.41) is 114. The molecule has 1 saturated carbocycles. The van der Waals surface area contributed by atoms with Gasteiger partial charge in [0, 0.05) is 81.5 Å². The van der Waals surface area contributed by atoms with Crippen LogP contribution in [0.4, 0.5) is 11.4 Å². The summed E-state index contributed by atoms with van der Waals surface area (Å²) in [7, 11) is 0. The van der Waals surface area contributed by atoms with Gasteiger partial charge in [0.25, 0.3) is 18.2 Å². The van der Waals surface area contributed by atoms with Crippen molar-refractivity contribution in [2.75, 3.05) is 55.6 Å². The first-order valence-corrected chi connectivity index (χ1v) is 30.1. The Balaban J connectivity index is 1.06. The predicted octanol–water partition coefficient (Wildman–Crippen LogP) is -2.56. The lowest BCUT2D eigenvalue weighted by atomic mass is 9.84. The van der Waals surface area contributed by atoms with Gasteiger partial charge in [-0.1, -0.05) is 53.8 Å². The molecule has 0 bridgehead atoms. The maximum absolute atomic E-state index is 14.7. The van der Waals surface area contributed by atoms with E-state index in [4.69, 9.17) is 15.2 Å². The number of nitrogens with one attached hydrogen (secondary N) is 5. The number of benzene rings is 3. The van der Waals surface area contributed by atoms with Crippen LogP contribution in [0.1, 0.15) is 98.7 Å². The number of anilines is 2. The number of fused-ring (bicyclic) bond motifs is 2. The van der Waals surface area contributed by atoms with Crippen LogP contribution in [0.5, 0.6) is 11.5 Å². The molecule has 30 nitrogen and oxygen atoms in total. The van der Waals surface area contributed by atoms with E-state index in [1.165, 1.54) is 56.7 Å². The van der Waals surface area contributed by atoms with Crippen LogP contribution in [0.3, 0.4) is 0 Å². The molecule has 0 spiro atoms. The van der Waals surface area contributed by atoms with E-state index in [1.807, 2.05) is 0 Å². The fourth-order valence-corrected chi connectivity index (χ4v) is 12.4. The van der Waals surface area contributed by atoms with Crippen molar-refractivity contribution in [3.63, 3.8) is 0 Å². The van der Waals surface area contributed by atoms with Crippen LogP contribution in [0.2, 0.25) is 0 Å². The zero-order chi connectivity index (χ0) is 64.4. The first-order chi connectivity index (χ1) is 42.4. The van der Waals surface area contributed by atoms with E-state index in [-0.39, 0.29) is 23.5 Å². The van der Waals surface area contributed by atoms with Crippen molar-refractivity contribution in [2.45, 2.75) is 150 Å². The van der Waals surface area contributed by atoms with E-state index >= 15 is 0 Å². The van der Waals surface area contributed by atoms with Crippen molar-refractivity contribution in [1.82, 2.24) is 36.4 Å². The van der Waals surface area contributed by atoms with Gasteiger partial charge in [-0.05, 0) is 85.3 Å². The number of nitrogens with zero attached hydrogens (tertiary/aromatic N) is 4. The summed E-state index contributed by atoms with van der Waals surface area (Å²) in [6.07, 6.45) is -9.73. The number of primary amides is 1. The highest BCUT2D eigenvalue weighted by molar-refractivity contribution is 7.90. The topological polar surface area (TPSA) is 445 Å². The number of aromatic hydroxyl groups is 1. The number of phenolic OH excluding ortho intramolecular Hbond substituents is 1. The van der Waals surface area contributed by atoms with Crippen LogP contribution in [-0.2, 0) is 42.9 Å². The van der Waals surface area contributed by atoms with Gasteiger partial charge in [0.05, 0.1) is 36.9 Å². The summed E-state index contributed by atoms with van der Waals surface area (Å²) in [5.74, 6) is -11.1. The van der Waals surface area contributed by atoms with Crippen LogP contribution in [0.25, 0.3) is 0 Å². The molecule has 486 valence electrons. The third-order valence-corrected chi connectivity index (χ3v) is 17.4. The quantitative estimate of drug-likeness (QED) is 0.0304. The zero-order valence-electron chi connectivity index (χ0n) is 48.9. The maximum Gasteiger partial charge on any atom is 0.261 e. The van der Waals surface area contributed by atoms with Gasteiger partial charge in [-0.2, -0.15) is 0 Å². The number of β-amino-alcohol motifs (C(OH)–C–C–N with tert-alkyl or cyclic N) is 1. The van der Waals surface area contributed by atoms with Gasteiger partial charge in [-0.3, -0.25) is 38.4 Å². The van der Waals surface area contributed by atoms with Crippen molar-refractivity contribution in [2.24, 2.45) is 11.7 Å². The second-order valence-electron chi connectivity index (χ2n) is 23.3. The van der Waals surface area contributed by atoms with Crippen LogP contribution in [0.15, 0.2) is 66.7 Å². The minimum Gasteiger partial charge on any atom is -0.504 e. The molecular formula is C58H78N10O20S.